The van der Waals surface area contributed by atoms with Crippen LogP contribution in [0.4, 0.5) is 10.2 Å². The second kappa shape index (κ2) is 7.51. The number of aromatic nitrogens is 2. The first kappa shape index (κ1) is 15.9. The molecule has 0 aliphatic carbocycles. The summed E-state index contributed by atoms with van der Waals surface area (Å²) < 4.78 is 24.1. The Kier molecular flexibility index (Phi) is 5.69. The summed E-state index contributed by atoms with van der Waals surface area (Å²) in [7, 11) is 0. The fourth-order valence-electron chi connectivity index (χ4n) is 2.18. The van der Waals surface area contributed by atoms with Crippen molar-refractivity contribution in [3.63, 3.8) is 0 Å². The zero-order chi connectivity index (χ0) is 15.2. The predicted molar refractivity (Wildman–Crippen MR) is 74.8 cm³/mol. The van der Waals surface area contributed by atoms with Gasteiger partial charge in [-0.15, -0.1) is 0 Å². The molecule has 8 heteroatoms. The van der Waals surface area contributed by atoms with Crippen molar-refractivity contribution >= 4 is 23.4 Å². The first-order valence-corrected chi connectivity index (χ1v) is 7.17. The maximum Gasteiger partial charge on any atom is 0.332 e. The van der Waals surface area contributed by atoms with E-state index in [-0.39, 0.29) is 29.7 Å². The molecule has 0 N–H and O–H groups in total. The van der Waals surface area contributed by atoms with Crippen molar-refractivity contribution in [2.45, 2.75) is 25.9 Å². The Morgan fingerprint density at radius 2 is 2.19 bits per heavy atom. The SMILES string of the molecule is CCOC(=O)COC1CCN(c2ncnc(Cl)c2F)CC1. The molecule has 116 valence electrons. The monoisotopic (exact) mass is 317 g/mol. The number of nitrogens with zero attached hydrogens (tertiary/aromatic N) is 3. The van der Waals surface area contributed by atoms with Crippen LogP contribution in [0.5, 0.6) is 0 Å². The minimum atomic E-state index is -0.606. The lowest BCUT2D eigenvalue weighted by Gasteiger charge is -2.32. The zero-order valence-electron chi connectivity index (χ0n) is 11.7. The average Bonchev–Trinajstić information content (AvgIpc) is 2.49. The van der Waals surface area contributed by atoms with E-state index in [9.17, 15) is 9.18 Å². The molecule has 0 bridgehead atoms. The molecule has 6 nitrogen and oxygen atoms in total. The van der Waals surface area contributed by atoms with Gasteiger partial charge in [0.25, 0.3) is 0 Å². The molecule has 0 unspecified atom stereocenters. The number of halogens is 2. The lowest BCUT2D eigenvalue weighted by molar-refractivity contribution is -0.150. The van der Waals surface area contributed by atoms with E-state index in [2.05, 4.69) is 9.97 Å². The number of esters is 1. The molecule has 0 saturated carbocycles. The van der Waals surface area contributed by atoms with Crippen molar-refractivity contribution in [3.8, 4) is 0 Å². The highest BCUT2D eigenvalue weighted by atomic mass is 35.5. The first-order chi connectivity index (χ1) is 10.1. The van der Waals surface area contributed by atoms with Gasteiger partial charge in [0.1, 0.15) is 12.9 Å². The molecule has 0 amide bonds. The van der Waals surface area contributed by atoms with E-state index in [4.69, 9.17) is 21.1 Å². The predicted octanol–water partition coefficient (Wildman–Crippen LogP) is 1.82. The quantitative estimate of drug-likeness (QED) is 0.609. The fraction of sp³-hybridized carbons (Fsp3) is 0.615. The Balaban J connectivity index is 1.83. The van der Waals surface area contributed by atoms with Gasteiger partial charge in [0.05, 0.1) is 12.7 Å². The van der Waals surface area contributed by atoms with Crippen LogP contribution >= 0.6 is 11.6 Å². The number of anilines is 1. The van der Waals surface area contributed by atoms with E-state index >= 15 is 0 Å². The number of ether oxygens (including phenoxy) is 2. The molecule has 0 aromatic carbocycles. The van der Waals surface area contributed by atoms with Gasteiger partial charge in [-0.25, -0.2) is 14.8 Å². The van der Waals surface area contributed by atoms with Gasteiger partial charge in [-0.3, -0.25) is 0 Å². The van der Waals surface area contributed by atoms with Crippen molar-refractivity contribution in [1.29, 1.82) is 0 Å². The van der Waals surface area contributed by atoms with E-state index in [0.717, 1.165) is 0 Å². The van der Waals surface area contributed by atoms with Crippen LogP contribution in [0.25, 0.3) is 0 Å². The summed E-state index contributed by atoms with van der Waals surface area (Å²) in [6.45, 7) is 3.20. The van der Waals surface area contributed by atoms with Crippen LogP contribution in [0.3, 0.4) is 0 Å². The minimum Gasteiger partial charge on any atom is -0.464 e. The molecule has 1 saturated heterocycles. The topological polar surface area (TPSA) is 64.6 Å². The number of carbonyl (C=O) groups excluding carboxylic acids is 1. The van der Waals surface area contributed by atoms with E-state index < -0.39 is 5.82 Å². The van der Waals surface area contributed by atoms with Gasteiger partial charge in [-0.2, -0.15) is 4.39 Å². The maximum absolute atomic E-state index is 13.8. The van der Waals surface area contributed by atoms with E-state index in [1.807, 2.05) is 0 Å². The third-order valence-corrected chi connectivity index (χ3v) is 3.48. The van der Waals surface area contributed by atoms with Crippen LogP contribution in [0, 0.1) is 5.82 Å². The Labute approximate surface area is 127 Å². The molecule has 21 heavy (non-hydrogen) atoms. The normalized spacial score (nSPS) is 16.0. The van der Waals surface area contributed by atoms with Crippen LogP contribution in [0.1, 0.15) is 19.8 Å². The highest BCUT2D eigenvalue weighted by molar-refractivity contribution is 6.29. The molecule has 1 aromatic heterocycles. The number of piperidine rings is 1. The van der Waals surface area contributed by atoms with Gasteiger partial charge in [0.2, 0.25) is 5.82 Å². The lowest BCUT2D eigenvalue weighted by Crippen LogP contribution is -2.38. The van der Waals surface area contributed by atoms with Gasteiger partial charge in [0, 0.05) is 13.1 Å². The van der Waals surface area contributed by atoms with E-state index in [1.54, 1.807) is 11.8 Å². The second-order valence-electron chi connectivity index (χ2n) is 4.60. The van der Waals surface area contributed by atoms with Crippen LogP contribution in [0.15, 0.2) is 6.33 Å². The first-order valence-electron chi connectivity index (χ1n) is 6.80. The van der Waals surface area contributed by atoms with Crippen molar-refractivity contribution in [3.05, 3.63) is 17.3 Å². The molecule has 0 atom stereocenters. The Hall–Kier alpha value is -1.47. The molecule has 0 spiro atoms. The minimum absolute atomic E-state index is 0.0361. The summed E-state index contributed by atoms with van der Waals surface area (Å²) >= 11 is 5.65. The van der Waals surface area contributed by atoms with Crippen molar-refractivity contribution in [1.82, 2.24) is 9.97 Å². The molecule has 1 aromatic rings. The van der Waals surface area contributed by atoms with Crippen LogP contribution in [-0.2, 0) is 14.3 Å². The molecule has 2 rings (SSSR count). The van der Waals surface area contributed by atoms with Crippen molar-refractivity contribution in [2.75, 3.05) is 31.2 Å². The fourth-order valence-corrected chi connectivity index (χ4v) is 2.31. The molecule has 1 aliphatic rings. The smallest absolute Gasteiger partial charge is 0.332 e. The van der Waals surface area contributed by atoms with Crippen LogP contribution < -0.4 is 4.90 Å². The number of carbonyl (C=O) groups is 1. The molecule has 0 radical (unpaired) electrons. The molecular weight excluding hydrogens is 301 g/mol. The van der Waals surface area contributed by atoms with Crippen molar-refractivity contribution < 1.29 is 18.7 Å². The summed E-state index contributed by atoms with van der Waals surface area (Å²) in [6, 6.07) is 0. The molecule has 1 aliphatic heterocycles. The number of rotatable bonds is 5. The summed E-state index contributed by atoms with van der Waals surface area (Å²) in [4.78, 5) is 20.5. The maximum atomic E-state index is 13.8. The van der Waals surface area contributed by atoms with Crippen LogP contribution in [-0.4, -0.2) is 48.3 Å². The Bertz CT molecular complexity index is 496. The standard InChI is InChI=1S/C13H17ClFN3O3/c1-2-20-10(19)7-21-9-3-5-18(6-4-9)13-11(15)12(14)16-8-17-13/h8-9H,2-7H2,1H3. The summed E-state index contributed by atoms with van der Waals surface area (Å²) in [5, 5.41) is -0.180. The summed E-state index contributed by atoms with van der Waals surface area (Å²) in [6.07, 6.45) is 2.57. The van der Waals surface area contributed by atoms with Crippen molar-refractivity contribution in [2.24, 2.45) is 0 Å². The molecular formula is C13H17ClFN3O3. The average molecular weight is 318 g/mol. The zero-order valence-corrected chi connectivity index (χ0v) is 12.5. The molecule has 2 heterocycles. The van der Waals surface area contributed by atoms with Crippen LogP contribution in [0.2, 0.25) is 5.15 Å². The Morgan fingerprint density at radius 1 is 1.48 bits per heavy atom. The van der Waals surface area contributed by atoms with Gasteiger partial charge in [-0.1, -0.05) is 11.6 Å². The third-order valence-electron chi connectivity index (χ3n) is 3.21. The number of hydrogen-bond donors (Lipinski definition) is 0. The van der Waals surface area contributed by atoms with Gasteiger partial charge < -0.3 is 14.4 Å². The van der Waals surface area contributed by atoms with Gasteiger partial charge >= 0.3 is 5.97 Å². The number of hydrogen-bond acceptors (Lipinski definition) is 6. The highest BCUT2D eigenvalue weighted by Crippen LogP contribution is 2.24. The van der Waals surface area contributed by atoms with E-state index in [0.29, 0.717) is 32.5 Å². The third kappa shape index (κ3) is 4.25. The lowest BCUT2D eigenvalue weighted by atomic mass is 10.1. The summed E-state index contributed by atoms with van der Waals surface area (Å²) in [5.41, 5.74) is 0. The largest absolute Gasteiger partial charge is 0.464 e. The van der Waals surface area contributed by atoms with Gasteiger partial charge in [0.15, 0.2) is 11.0 Å². The summed E-state index contributed by atoms with van der Waals surface area (Å²) in [5.74, 6) is -0.766. The second-order valence-corrected chi connectivity index (χ2v) is 4.96. The van der Waals surface area contributed by atoms with E-state index in [1.165, 1.54) is 6.33 Å². The van der Waals surface area contributed by atoms with Gasteiger partial charge in [-0.05, 0) is 19.8 Å². The highest BCUT2D eigenvalue weighted by Gasteiger charge is 2.24. The molecule has 1 fully saturated rings. The Morgan fingerprint density at radius 3 is 2.86 bits per heavy atom.